The number of aromatic nitrogens is 1. The molecule has 0 bridgehead atoms. The lowest BCUT2D eigenvalue weighted by atomic mass is 10.2. The Hall–Kier alpha value is -1.22. The third kappa shape index (κ3) is 4.06. The Bertz CT molecular complexity index is 749. The van der Waals surface area contributed by atoms with Gasteiger partial charge in [0.1, 0.15) is 10.7 Å². The van der Waals surface area contributed by atoms with E-state index in [0.717, 1.165) is 70.4 Å². The minimum Gasteiger partial charge on any atom is -0.395 e. The molecular formula is C20H32N4O3S. The summed E-state index contributed by atoms with van der Waals surface area (Å²) < 4.78 is 27.2. The molecule has 4 rings (SSSR count). The second-order valence-corrected chi connectivity index (χ2v) is 10.2. The van der Waals surface area contributed by atoms with Crippen molar-refractivity contribution in [2.75, 3.05) is 44.2 Å². The molecule has 3 aliphatic heterocycles. The monoisotopic (exact) mass is 408 g/mol. The van der Waals surface area contributed by atoms with Crippen molar-refractivity contribution in [3.63, 3.8) is 0 Å². The van der Waals surface area contributed by atoms with E-state index in [1.54, 1.807) is 10.4 Å². The molecule has 0 aliphatic carbocycles. The summed E-state index contributed by atoms with van der Waals surface area (Å²) in [5, 5.41) is 9.58. The van der Waals surface area contributed by atoms with E-state index in [1.165, 1.54) is 6.20 Å². The molecular weight excluding hydrogens is 376 g/mol. The topological polar surface area (TPSA) is 77.0 Å². The lowest BCUT2D eigenvalue weighted by Crippen LogP contribution is -2.43. The summed E-state index contributed by atoms with van der Waals surface area (Å²) in [5.41, 5.74) is 0. The van der Waals surface area contributed by atoms with Crippen LogP contribution in [0.15, 0.2) is 23.2 Å². The van der Waals surface area contributed by atoms with Crippen molar-refractivity contribution in [3.8, 4) is 0 Å². The lowest BCUT2D eigenvalue weighted by Gasteiger charge is -2.32. The summed E-state index contributed by atoms with van der Waals surface area (Å²) in [6, 6.07) is 4.24. The third-order valence-electron chi connectivity index (χ3n) is 6.50. The van der Waals surface area contributed by atoms with Crippen LogP contribution in [0, 0.1) is 0 Å². The molecule has 3 fully saturated rings. The van der Waals surface area contributed by atoms with E-state index in [-0.39, 0.29) is 12.6 Å². The van der Waals surface area contributed by atoms with Crippen LogP contribution in [-0.2, 0) is 10.0 Å². The second kappa shape index (κ2) is 8.65. The highest BCUT2D eigenvalue weighted by molar-refractivity contribution is 7.89. The zero-order valence-electron chi connectivity index (χ0n) is 16.5. The van der Waals surface area contributed by atoms with Crippen LogP contribution < -0.4 is 4.90 Å². The number of rotatable bonds is 6. The number of sulfonamides is 1. The Morgan fingerprint density at radius 3 is 2.43 bits per heavy atom. The molecule has 0 saturated carbocycles. The summed E-state index contributed by atoms with van der Waals surface area (Å²) in [5.74, 6) is 0.861. The van der Waals surface area contributed by atoms with Gasteiger partial charge in [-0.3, -0.25) is 4.90 Å². The molecule has 0 radical (unpaired) electrons. The van der Waals surface area contributed by atoms with E-state index in [9.17, 15) is 13.5 Å². The molecule has 3 saturated heterocycles. The van der Waals surface area contributed by atoms with E-state index < -0.39 is 10.0 Å². The molecule has 4 heterocycles. The summed E-state index contributed by atoms with van der Waals surface area (Å²) in [6.45, 7) is 4.40. The van der Waals surface area contributed by atoms with Gasteiger partial charge in [-0.15, -0.1) is 0 Å². The number of aliphatic hydroxyl groups is 1. The number of hydrogen-bond acceptors (Lipinski definition) is 6. The van der Waals surface area contributed by atoms with Crippen molar-refractivity contribution >= 4 is 15.8 Å². The first-order chi connectivity index (χ1) is 13.6. The van der Waals surface area contributed by atoms with Crippen LogP contribution in [0.2, 0.25) is 0 Å². The predicted octanol–water partition coefficient (Wildman–Crippen LogP) is 1.68. The molecule has 2 atom stereocenters. The van der Waals surface area contributed by atoms with Crippen molar-refractivity contribution in [2.24, 2.45) is 0 Å². The normalized spacial score (nSPS) is 27.5. The highest BCUT2D eigenvalue weighted by Gasteiger charge is 2.32. The first-order valence-electron chi connectivity index (χ1n) is 10.7. The van der Waals surface area contributed by atoms with Crippen molar-refractivity contribution in [1.29, 1.82) is 0 Å². The van der Waals surface area contributed by atoms with Gasteiger partial charge in [0.2, 0.25) is 10.0 Å². The smallest absolute Gasteiger partial charge is 0.244 e. The van der Waals surface area contributed by atoms with Crippen LogP contribution in [0.4, 0.5) is 5.82 Å². The maximum absolute atomic E-state index is 12.8. The zero-order valence-corrected chi connectivity index (χ0v) is 17.4. The quantitative estimate of drug-likeness (QED) is 0.772. The molecule has 0 aromatic carbocycles. The van der Waals surface area contributed by atoms with Crippen LogP contribution in [0.3, 0.4) is 0 Å². The number of pyridine rings is 1. The van der Waals surface area contributed by atoms with E-state index in [0.29, 0.717) is 24.0 Å². The summed E-state index contributed by atoms with van der Waals surface area (Å²) in [4.78, 5) is 9.55. The lowest BCUT2D eigenvalue weighted by molar-refractivity contribution is 0.153. The first-order valence-corrected chi connectivity index (χ1v) is 12.1. The van der Waals surface area contributed by atoms with E-state index in [1.807, 2.05) is 6.07 Å². The SMILES string of the molecule is O=S(=O)(c1ccc(N2CCCC2CN2CCCC2CO)nc1)N1CCCCC1. The molecule has 3 aliphatic rings. The number of likely N-dealkylation sites (tertiary alicyclic amines) is 1. The van der Waals surface area contributed by atoms with Crippen LogP contribution in [0.1, 0.15) is 44.9 Å². The predicted molar refractivity (Wildman–Crippen MR) is 109 cm³/mol. The van der Waals surface area contributed by atoms with Crippen LogP contribution in [-0.4, -0.2) is 79.1 Å². The number of hydrogen-bond donors (Lipinski definition) is 1. The number of anilines is 1. The van der Waals surface area contributed by atoms with Crippen molar-refractivity contribution in [2.45, 2.75) is 61.9 Å². The first kappa shape index (κ1) is 20.1. The highest BCUT2D eigenvalue weighted by atomic mass is 32.2. The maximum Gasteiger partial charge on any atom is 0.244 e. The fourth-order valence-electron chi connectivity index (χ4n) is 4.89. The summed E-state index contributed by atoms with van der Waals surface area (Å²) >= 11 is 0. The van der Waals surface area contributed by atoms with Gasteiger partial charge in [0.15, 0.2) is 0 Å². The van der Waals surface area contributed by atoms with E-state index in [2.05, 4.69) is 14.8 Å². The molecule has 2 unspecified atom stereocenters. The summed E-state index contributed by atoms with van der Waals surface area (Å²) in [7, 11) is -3.43. The fraction of sp³-hybridized carbons (Fsp3) is 0.750. The highest BCUT2D eigenvalue weighted by Crippen LogP contribution is 2.28. The Balaban J connectivity index is 1.45. The molecule has 28 heavy (non-hydrogen) atoms. The second-order valence-electron chi connectivity index (χ2n) is 8.28. The van der Waals surface area contributed by atoms with Crippen molar-refractivity contribution in [3.05, 3.63) is 18.3 Å². The van der Waals surface area contributed by atoms with Gasteiger partial charge in [0.25, 0.3) is 0 Å². The van der Waals surface area contributed by atoms with Crippen molar-refractivity contribution < 1.29 is 13.5 Å². The van der Waals surface area contributed by atoms with Gasteiger partial charge in [-0.1, -0.05) is 6.42 Å². The molecule has 156 valence electrons. The number of piperidine rings is 1. The molecule has 8 heteroatoms. The average molecular weight is 409 g/mol. The Morgan fingerprint density at radius 1 is 0.964 bits per heavy atom. The zero-order chi connectivity index (χ0) is 19.6. The molecule has 0 amide bonds. The molecule has 1 N–H and O–H groups in total. The Kier molecular flexibility index (Phi) is 6.20. The van der Waals surface area contributed by atoms with Crippen molar-refractivity contribution in [1.82, 2.24) is 14.2 Å². The Morgan fingerprint density at radius 2 is 1.71 bits per heavy atom. The van der Waals surface area contributed by atoms with Gasteiger partial charge in [-0.25, -0.2) is 13.4 Å². The van der Waals surface area contributed by atoms with Gasteiger partial charge in [0.05, 0.1) is 6.61 Å². The van der Waals surface area contributed by atoms with E-state index >= 15 is 0 Å². The van der Waals surface area contributed by atoms with Crippen LogP contribution in [0.25, 0.3) is 0 Å². The molecule has 1 aromatic heterocycles. The van der Waals surface area contributed by atoms with E-state index in [4.69, 9.17) is 0 Å². The fourth-order valence-corrected chi connectivity index (χ4v) is 6.35. The number of nitrogens with zero attached hydrogens (tertiary/aromatic N) is 4. The minimum atomic E-state index is -3.43. The van der Waals surface area contributed by atoms with Gasteiger partial charge >= 0.3 is 0 Å². The summed E-state index contributed by atoms with van der Waals surface area (Å²) in [6.07, 6.45) is 8.97. The van der Waals surface area contributed by atoms with Gasteiger partial charge in [-0.05, 0) is 57.2 Å². The standard InChI is InChI=1S/C20H32N4O3S/c25-16-18-7-4-10-22(18)15-17-6-5-13-24(17)20-9-8-19(14-21-20)28(26,27)23-11-2-1-3-12-23/h8-9,14,17-18,25H,1-7,10-13,15-16H2. The Labute approximate surface area is 168 Å². The van der Waals surface area contributed by atoms with Gasteiger partial charge in [0, 0.05) is 44.5 Å². The average Bonchev–Trinajstić information content (AvgIpc) is 3.38. The molecule has 1 aromatic rings. The van der Waals surface area contributed by atoms with Gasteiger partial charge in [-0.2, -0.15) is 4.31 Å². The van der Waals surface area contributed by atoms with Crippen LogP contribution >= 0.6 is 0 Å². The minimum absolute atomic E-state index is 0.230. The maximum atomic E-state index is 12.8. The molecule has 7 nitrogen and oxygen atoms in total. The van der Waals surface area contributed by atoms with Gasteiger partial charge < -0.3 is 10.0 Å². The largest absolute Gasteiger partial charge is 0.395 e. The number of aliphatic hydroxyl groups excluding tert-OH is 1. The van der Waals surface area contributed by atoms with Crippen LogP contribution in [0.5, 0.6) is 0 Å². The third-order valence-corrected chi connectivity index (χ3v) is 8.38. The molecule has 0 spiro atoms.